The van der Waals surface area contributed by atoms with E-state index in [4.69, 9.17) is 23.8 Å². The number of fused-ring (bicyclic) bond motifs is 10. The fraction of sp³-hybridized carbons (Fsp3) is 0. The molecule has 0 aliphatic heterocycles. The van der Waals surface area contributed by atoms with Gasteiger partial charge in [-0.2, -0.15) is 0 Å². The second-order valence-electron chi connectivity index (χ2n) is 15.6. The summed E-state index contributed by atoms with van der Waals surface area (Å²) < 4.78 is 15.6. The van der Waals surface area contributed by atoms with Gasteiger partial charge in [-0.25, -0.2) is 15.0 Å². The Bertz CT molecular complexity index is 3880. The molecule has 4 aromatic heterocycles. The molecule has 0 N–H and O–H groups in total. The number of nitrogens with zero attached hydrogens (tertiary/aromatic N) is 4. The Morgan fingerprint density at radius 1 is 0.328 bits per heavy atom. The van der Waals surface area contributed by atoms with Crippen LogP contribution in [0.1, 0.15) is 0 Å². The molecular weight excluding hydrogens is 749 g/mol. The molecule has 13 rings (SSSR count). The van der Waals surface area contributed by atoms with Crippen molar-refractivity contribution < 1.29 is 8.83 Å². The summed E-state index contributed by atoms with van der Waals surface area (Å²) in [5.74, 6) is 1.63. The van der Waals surface area contributed by atoms with E-state index in [2.05, 4.69) is 156 Å². The van der Waals surface area contributed by atoms with E-state index in [9.17, 15) is 0 Å². The van der Waals surface area contributed by atoms with Crippen LogP contribution in [0.25, 0.3) is 127 Å². The molecule has 0 aliphatic carbocycles. The number of hydrogen-bond acceptors (Lipinski definition) is 5. The Morgan fingerprint density at radius 3 is 1.69 bits per heavy atom. The monoisotopic (exact) mass is 780 g/mol. The molecule has 0 amide bonds. The van der Waals surface area contributed by atoms with Gasteiger partial charge in [0.25, 0.3) is 0 Å². The summed E-state index contributed by atoms with van der Waals surface area (Å²) in [6, 6.07) is 67.4. The molecule has 13 aromatic rings. The van der Waals surface area contributed by atoms with Crippen LogP contribution < -0.4 is 0 Å². The zero-order valence-corrected chi connectivity index (χ0v) is 32.6. The minimum absolute atomic E-state index is 0.529. The van der Waals surface area contributed by atoms with E-state index in [0.29, 0.717) is 17.5 Å². The van der Waals surface area contributed by atoms with Crippen molar-refractivity contribution in [1.29, 1.82) is 0 Å². The van der Waals surface area contributed by atoms with Crippen LogP contribution in [0.4, 0.5) is 0 Å². The molecule has 6 heteroatoms. The first-order valence-corrected chi connectivity index (χ1v) is 20.4. The highest BCUT2D eigenvalue weighted by molar-refractivity contribution is 6.17. The summed E-state index contributed by atoms with van der Waals surface area (Å²) in [4.78, 5) is 15.9. The molecule has 0 bridgehead atoms. The maximum absolute atomic E-state index is 6.91. The van der Waals surface area contributed by atoms with Crippen LogP contribution in [0.15, 0.2) is 203 Å². The average molecular weight is 781 g/mol. The maximum Gasteiger partial charge on any atom is 0.166 e. The zero-order valence-electron chi connectivity index (χ0n) is 32.6. The van der Waals surface area contributed by atoms with Gasteiger partial charge in [0, 0.05) is 49.0 Å². The first-order chi connectivity index (χ1) is 30.2. The minimum Gasteiger partial charge on any atom is -0.456 e. The van der Waals surface area contributed by atoms with Gasteiger partial charge in [0.05, 0.1) is 11.0 Å². The molecule has 0 fully saturated rings. The van der Waals surface area contributed by atoms with Gasteiger partial charge in [-0.15, -0.1) is 0 Å². The van der Waals surface area contributed by atoms with Gasteiger partial charge in [0.2, 0.25) is 0 Å². The molecule has 0 spiro atoms. The predicted molar refractivity (Wildman–Crippen MR) is 248 cm³/mol. The van der Waals surface area contributed by atoms with Gasteiger partial charge in [-0.05, 0) is 76.5 Å². The molecule has 0 saturated heterocycles. The highest BCUT2D eigenvalue weighted by Crippen LogP contribution is 2.43. The lowest BCUT2D eigenvalue weighted by molar-refractivity contribution is 0.666. The summed E-state index contributed by atoms with van der Waals surface area (Å²) in [5.41, 5.74) is 11.0. The molecule has 0 saturated carbocycles. The molecule has 0 atom stereocenters. The Kier molecular flexibility index (Phi) is 7.21. The van der Waals surface area contributed by atoms with E-state index in [1.54, 1.807) is 0 Å². The lowest BCUT2D eigenvalue weighted by Gasteiger charge is -2.15. The smallest absolute Gasteiger partial charge is 0.166 e. The van der Waals surface area contributed by atoms with Gasteiger partial charge < -0.3 is 13.4 Å². The van der Waals surface area contributed by atoms with E-state index < -0.39 is 0 Å². The van der Waals surface area contributed by atoms with Crippen molar-refractivity contribution in [3.8, 4) is 51.0 Å². The maximum atomic E-state index is 6.91. The fourth-order valence-electron chi connectivity index (χ4n) is 9.14. The standard InChI is InChI=1S/C55H32N4O2/c1-2-12-33(13-3-1)34-22-24-35(25-23-34)53-56-54(38-26-27-42-40-17-7-10-20-48(40)60-50(42)32-38)58-55(57-53)44-29-28-43-41-18-8-11-21-49(41)61-52(43)51(44)59-46-19-9-6-16-39(46)45-30-36-14-4-5-15-37(36)31-47(45)59/h1-32H. The largest absolute Gasteiger partial charge is 0.456 e. The zero-order chi connectivity index (χ0) is 40.0. The molecule has 6 nitrogen and oxygen atoms in total. The van der Waals surface area contributed by atoms with Crippen molar-refractivity contribution >= 4 is 76.5 Å². The number of hydrogen-bond donors (Lipinski definition) is 0. The van der Waals surface area contributed by atoms with Gasteiger partial charge in [-0.3, -0.25) is 0 Å². The first-order valence-electron chi connectivity index (χ1n) is 20.4. The molecule has 61 heavy (non-hydrogen) atoms. The second kappa shape index (κ2) is 13.1. The van der Waals surface area contributed by atoms with Crippen LogP contribution in [-0.2, 0) is 0 Å². The van der Waals surface area contributed by atoms with E-state index in [-0.39, 0.29) is 0 Å². The topological polar surface area (TPSA) is 69.9 Å². The predicted octanol–water partition coefficient (Wildman–Crippen LogP) is 14.6. The third kappa shape index (κ3) is 5.26. The second-order valence-corrected chi connectivity index (χ2v) is 15.6. The first kappa shape index (κ1) is 33.6. The van der Waals surface area contributed by atoms with Crippen LogP contribution >= 0.6 is 0 Å². The van der Waals surface area contributed by atoms with E-state index in [1.807, 2.05) is 42.5 Å². The quantitative estimate of drug-likeness (QED) is 0.174. The van der Waals surface area contributed by atoms with Crippen LogP contribution in [0.5, 0.6) is 0 Å². The van der Waals surface area contributed by atoms with E-state index >= 15 is 0 Å². The molecule has 284 valence electrons. The van der Waals surface area contributed by atoms with E-state index in [1.165, 1.54) is 5.39 Å². The SMILES string of the molecule is c1ccc(-c2ccc(-c3nc(-c4ccc5c(c4)oc4ccccc45)nc(-c4ccc5c(oc6ccccc65)c4-n4c5ccccc5c5cc6ccccc6cc54)n3)cc2)cc1. The minimum atomic E-state index is 0.529. The Morgan fingerprint density at radius 2 is 0.885 bits per heavy atom. The number of furan rings is 2. The molecule has 4 heterocycles. The Balaban J connectivity index is 1.11. The number of aromatic nitrogens is 4. The van der Waals surface area contributed by atoms with Crippen LogP contribution in [-0.4, -0.2) is 19.5 Å². The van der Waals surface area contributed by atoms with Crippen molar-refractivity contribution in [2.75, 3.05) is 0 Å². The number of benzene rings is 9. The van der Waals surface area contributed by atoms with E-state index in [0.717, 1.165) is 105 Å². The van der Waals surface area contributed by atoms with Crippen LogP contribution in [0.3, 0.4) is 0 Å². The van der Waals surface area contributed by atoms with Gasteiger partial charge in [0.15, 0.2) is 23.1 Å². The fourth-order valence-corrected chi connectivity index (χ4v) is 9.14. The lowest BCUT2D eigenvalue weighted by atomic mass is 10.0. The third-order valence-corrected chi connectivity index (χ3v) is 12.0. The Hall–Kier alpha value is -8.35. The van der Waals surface area contributed by atoms with Crippen molar-refractivity contribution in [2.45, 2.75) is 0 Å². The summed E-state index contributed by atoms with van der Waals surface area (Å²) in [6.45, 7) is 0. The van der Waals surface area contributed by atoms with Crippen molar-refractivity contribution in [3.63, 3.8) is 0 Å². The third-order valence-electron chi connectivity index (χ3n) is 12.0. The average Bonchev–Trinajstić information content (AvgIpc) is 4.00. The molecule has 9 aromatic carbocycles. The summed E-state index contributed by atoms with van der Waals surface area (Å²) in [7, 11) is 0. The summed E-state index contributed by atoms with van der Waals surface area (Å²) in [6.07, 6.45) is 0. The molecular formula is C55H32N4O2. The van der Waals surface area contributed by atoms with Gasteiger partial charge >= 0.3 is 0 Å². The highest BCUT2D eigenvalue weighted by atomic mass is 16.3. The van der Waals surface area contributed by atoms with Gasteiger partial charge in [-0.1, -0.05) is 140 Å². The molecule has 0 aliphatic rings. The highest BCUT2D eigenvalue weighted by Gasteiger charge is 2.25. The summed E-state index contributed by atoms with van der Waals surface area (Å²) >= 11 is 0. The van der Waals surface area contributed by atoms with Gasteiger partial charge in [0.1, 0.15) is 22.4 Å². The van der Waals surface area contributed by atoms with Crippen molar-refractivity contribution in [3.05, 3.63) is 194 Å². The van der Waals surface area contributed by atoms with Crippen molar-refractivity contribution in [2.24, 2.45) is 0 Å². The number of rotatable bonds is 5. The molecule has 0 unspecified atom stereocenters. The lowest BCUT2D eigenvalue weighted by Crippen LogP contribution is -2.04. The molecule has 0 radical (unpaired) electrons. The number of para-hydroxylation sites is 3. The normalized spacial score (nSPS) is 11.9. The van der Waals surface area contributed by atoms with Crippen LogP contribution in [0, 0.1) is 0 Å². The Labute approximate surface area is 348 Å². The van der Waals surface area contributed by atoms with Crippen LogP contribution in [0.2, 0.25) is 0 Å². The summed E-state index contributed by atoms with van der Waals surface area (Å²) in [5, 5.41) is 8.83. The van der Waals surface area contributed by atoms with Crippen molar-refractivity contribution in [1.82, 2.24) is 19.5 Å².